The number of anilines is 1. The molecule has 1 aliphatic rings. The molecule has 2 amide bonds. The second kappa shape index (κ2) is 9.52. The maximum Gasteiger partial charge on any atom is 0.267 e. The van der Waals surface area contributed by atoms with E-state index in [9.17, 15) is 18.0 Å². The van der Waals surface area contributed by atoms with Gasteiger partial charge in [-0.2, -0.15) is 0 Å². The quantitative estimate of drug-likeness (QED) is 0.399. The van der Waals surface area contributed by atoms with Crippen LogP contribution in [0.1, 0.15) is 18.4 Å². The number of carbonyl (C=O) groups is 2. The van der Waals surface area contributed by atoms with E-state index in [1.807, 2.05) is 24.3 Å². The van der Waals surface area contributed by atoms with E-state index in [2.05, 4.69) is 4.90 Å². The van der Waals surface area contributed by atoms with Crippen molar-refractivity contribution in [3.63, 3.8) is 0 Å². The SMILES string of the molecule is CS(=O)(=O)CCCC(=O)N1CCN(c2ccccc2C=CC(=O)NO)CC1. The number of hydroxylamine groups is 1. The Kier molecular flexibility index (Phi) is 7.37. The molecule has 1 fully saturated rings. The maximum absolute atomic E-state index is 12.2. The van der Waals surface area contributed by atoms with Gasteiger partial charge in [0.15, 0.2) is 0 Å². The Morgan fingerprint density at radius 3 is 2.48 bits per heavy atom. The molecule has 1 aromatic carbocycles. The summed E-state index contributed by atoms with van der Waals surface area (Å²) < 4.78 is 22.3. The van der Waals surface area contributed by atoms with Gasteiger partial charge in [0.2, 0.25) is 5.91 Å². The maximum atomic E-state index is 12.2. The lowest BCUT2D eigenvalue weighted by Gasteiger charge is -2.37. The van der Waals surface area contributed by atoms with Crippen molar-refractivity contribution in [2.24, 2.45) is 0 Å². The first-order chi connectivity index (χ1) is 12.8. The summed E-state index contributed by atoms with van der Waals surface area (Å²) in [7, 11) is -3.04. The topological polar surface area (TPSA) is 107 Å². The zero-order valence-corrected chi connectivity index (χ0v) is 16.1. The summed E-state index contributed by atoms with van der Waals surface area (Å²) in [6, 6.07) is 7.59. The first-order valence-electron chi connectivity index (χ1n) is 8.72. The molecule has 0 atom stereocenters. The van der Waals surface area contributed by atoms with Gasteiger partial charge in [-0.15, -0.1) is 0 Å². The van der Waals surface area contributed by atoms with Crippen LogP contribution in [0.25, 0.3) is 6.08 Å². The van der Waals surface area contributed by atoms with Crippen LogP contribution in [0.4, 0.5) is 5.69 Å². The van der Waals surface area contributed by atoms with Crippen molar-refractivity contribution in [1.82, 2.24) is 10.4 Å². The molecule has 0 spiro atoms. The number of benzene rings is 1. The van der Waals surface area contributed by atoms with Crippen molar-refractivity contribution < 1.29 is 23.2 Å². The largest absolute Gasteiger partial charge is 0.367 e. The smallest absolute Gasteiger partial charge is 0.267 e. The predicted molar refractivity (Wildman–Crippen MR) is 103 cm³/mol. The van der Waals surface area contributed by atoms with E-state index in [4.69, 9.17) is 5.21 Å². The standard InChI is InChI=1S/C18H25N3O5S/c1-27(25,26)14-4-7-18(23)21-12-10-20(11-13-21)16-6-3-2-5-15(16)8-9-17(22)19-24/h2-3,5-6,8-9,24H,4,7,10-14H2,1H3,(H,19,22). The first kappa shape index (κ1) is 20.9. The Balaban J connectivity index is 1.93. The van der Waals surface area contributed by atoms with Crippen molar-refractivity contribution in [2.45, 2.75) is 12.8 Å². The van der Waals surface area contributed by atoms with Crippen LogP contribution in [0.15, 0.2) is 30.3 Å². The molecule has 0 unspecified atom stereocenters. The van der Waals surface area contributed by atoms with Crippen LogP contribution in [0, 0.1) is 0 Å². The summed E-state index contributed by atoms with van der Waals surface area (Å²) in [5.74, 6) is -0.597. The van der Waals surface area contributed by atoms with Gasteiger partial charge in [0.25, 0.3) is 5.91 Å². The fraction of sp³-hybridized carbons (Fsp3) is 0.444. The lowest BCUT2D eigenvalue weighted by Crippen LogP contribution is -2.49. The van der Waals surface area contributed by atoms with E-state index in [-0.39, 0.29) is 18.1 Å². The highest BCUT2D eigenvalue weighted by molar-refractivity contribution is 7.90. The van der Waals surface area contributed by atoms with Crippen LogP contribution >= 0.6 is 0 Å². The highest BCUT2D eigenvalue weighted by atomic mass is 32.2. The molecule has 1 aromatic rings. The minimum atomic E-state index is -3.04. The summed E-state index contributed by atoms with van der Waals surface area (Å²) in [6.07, 6.45) is 4.64. The molecule has 9 heteroatoms. The van der Waals surface area contributed by atoms with E-state index in [1.165, 1.54) is 12.3 Å². The van der Waals surface area contributed by atoms with Crippen LogP contribution in [0.2, 0.25) is 0 Å². The van der Waals surface area contributed by atoms with E-state index in [1.54, 1.807) is 16.5 Å². The predicted octanol–water partition coefficient (Wildman–Crippen LogP) is 0.679. The van der Waals surface area contributed by atoms with Gasteiger partial charge < -0.3 is 9.80 Å². The fourth-order valence-electron chi connectivity index (χ4n) is 2.96. The second-order valence-electron chi connectivity index (χ2n) is 6.47. The Morgan fingerprint density at radius 2 is 1.85 bits per heavy atom. The van der Waals surface area contributed by atoms with Gasteiger partial charge in [0.1, 0.15) is 9.84 Å². The molecule has 0 aliphatic carbocycles. The van der Waals surface area contributed by atoms with Gasteiger partial charge >= 0.3 is 0 Å². The molecule has 1 heterocycles. The van der Waals surface area contributed by atoms with Gasteiger partial charge in [-0.05, 0) is 24.1 Å². The van der Waals surface area contributed by atoms with Crippen LogP contribution in [-0.2, 0) is 19.4 Å². The third-order valence-electron chi connectivity index (χ3n) is 4.34. The number of hydrogen-bond donors (Lipinski definition) is 2. The molecule has 0 saturated carbocycles. The van der Waals surface area contributed by atoms with E-state index in [0.717, 1.165) is 11.3 Å². The van der Waals surface area contributed by atoms with E-state index >= 15 is 0 Å². The molecule has 8 nitrogen and oxygen atoms in total. The van der Waals surface area contributed by atoms with Crippen molar-refractivity contribution in [3.8, 4) is 0 Å². The average molecular weight is 395 g/mol. The molecular formula is C18H25N3O5S. The molecule has 0 radical (unpaired) electrons. The van der Waals surface area contributed by atoms with E-state index < -0.39 is 15.7 Å². The van der Waals surface area contributed by atoms with Crippen molar-refractivity contribution in [1.29, 1.82) is 0 Å². The van der Waals surface area contributed by atoms with Crippen molar-refractivity contribution in [3.05, 3.63) is 35.9 Å². The number of rotatable bonds is 7. The third-order valence-corrected chi connectivity index (χ3v) is 5.37. The zero-order valence-electron chi connectivity index (χ0n) is 15.3. The first-order valence-corrected chi connectivity index (χ1v) is 10.8. The van der Waals surface area contributed by atoms with Crippen LogP contribution < -0.4 is 10.4 Å². The summed E-state index contributed by atoms with van der Waals surface area (Å²) >= 11 is 0. The molecule has 2 N–H and O–H groups in total. The monoisotopic (exact) mass is 395 g/mol. The number of carbonyl (C=O) groups excluding carboxylic acids is 2. The fourth-order valence-corrected chi connectivity index (χ4v) is 3.63. The third kappa shape index (κ3) is 6.69. The van der Waals surface area contributed by atoms with E-state index in [0.29, 0.717) is 32.6 Å². The molecule has 0 aromatic heterocycles. The normalized spacial score (nSPS) is 15.2. The van der Waals surface area contributed by atoms with Gasteiger partial charge in [0.05, 0.1) is 5.75 Å². The number of sulfone groups is 1. The summed E-state index contributed by atoms with van der Waals surface area (Å²) in [4.78, 5) is 27.3. The number of nitrogens with one attached hydrogen (secondary N) is 1. The second-order valence-corrected chi connectivity index (χ2v) is 8.73. The molecule has 27 heavy (non-hydrogen) atoms. The molecule has 1 saturated heterocycles. The number of piperazine rings is 1. The zero-order chi connectivity index (χ0) is 19.9. The average Bonchev–Trinajstić information content (AvgIpc) is 2.65. The molecule has 2 rings (SSSR count). The molecule has 1 aliphatic heterocycles. The molecule has 148 valence electrons. The Hall–Kier alpha value is -2.39. The Labute approximate surface area is 159 Å². The van der Waals surface area contributed by atoms with Gasteiger partial charge in [0, 0.05) is 50.6 Å². The lowest BCUT2D eigenvalue weighted by molar-refractivity contribution is -0.131. The minimum absolute atomic E-state index is 0.0221. The van der Waals surface area contributed by atoms with Crippen LogP contribution in [0.5, 0.6) is 0 Å². The summed E-state index contributed by atoms with van der Waals surface area (Å²) in [5, 5.41) is 8.59. The molecular weight excluding hydrogens is 370 g/mol. The van der Waals surface area contributed by atoms with Crippen molar-refractivity contribution >= 4 is 33.4 Å². The van der Waals surface area contributed by atoms with Crippen molar-refractivity contribution in [2.75, 3.05) is 43.1 Å². The lowest BCUT2D eigenvalue weighted by atomic mass is 10.1. The molecule has 0 bridgehead atoms. The summed E-state index contributed by atoms with van der Waals surface area (Å²) in [6.45, 7) is 2.42. The Bertz CT molecular complexity index is 799. The van der Waals surface area contributed by atoms with Crippen LogP contribution in [-0.4, -0.2) is 68.5 Å². The number of nitrogens with zero attached hydrogens (tertiary/aromatic N) is 2. The highest BCUT2D eigenvalue weighted by Crippen LogP contribution is 2.23. The van der Waals surface area contributed by atoms with Gasteiger partial charge in [-0.25, -0.2) is 13.9 Å². The van der Waals surface area contributed by atoms with Gasteiger partial charge in [-0.1, -0.05) is 18.2 Å². The highest BCUT2D eigenvalue weighted by Gasteiger charge is 2.22. The number of para-hydroxylation sites is 1. The number of hydrogen-bond acceptors (Lipinski definition) is 6. The minimum Gasteiger partial charge on any atom is -0.367 e. The Morgan fingerprint density at radius 1 is 1.19 bits per heavy atom. The van der Waals surface area contributed by atoms with Gasteiger partial charge in [-0.3, -0.25) is 14.8 Å². The number of amides is 2. The summed E-state index contributed by atoms with van der Waals surface area (Å²) in [5.41, 5.74) is 3.35. The van der Waals surface area contributed by atoms with Crippen LogP contribution in [0.3, 0.4) is 0 Å².